The van der Waals surface area contributed by atoms with Crippen molar-refractivity contribution >= 4 is 24.9 Å². The number of hydrogen-bond acceptors (Lipinski definition) is 7. The van der Waals surface area contributed by atoms with Crippen molar-refractivity contribution in [3.63, 3.8) is 0 Å². The topological polar surface area (TPSA) is 110 Å². The van der Waals surface area contributed by atoms with E-state index in [1.165, 1.54) is 0 Å². The van der Waals surface area contributed by atoms with E-state index in [9.17, 15) is 15.3 Å². The van der Waals surface area contributed by atoms with Crippen molar-refractivity contribution in [2.75, 3.05) is 26.2 Å². The molecule has 0 fully saturated rings. The molecule has 0 aliphatic carbocycles. The fraction of sp³-hybridized carbons (Fsp3) is 0.267. The van der Waals surface area contributed by atoms with E-state index in [2.05, 4.69) is 40.7 Å². The Morgan fingerprint density at radius 1 is 0.568 bits per heavy atom. The molecule has 7 heteroatoms. The van der Waals surface area contributed by atoms with Gasteiger partial charge in [-0.15, -0.1) is 0 Å². The van der Waals surface area contributed by atoms with Crippen molar-refractivity contribution in [3.05, 3.63) is 88.5 Å². The molecule has 0 aliphatic rings. The third-order valence-electron chi connectivity index (χ3n) is 5.55. The largest absolute Gasteiger partial charge is 0.507 e. The minimum Gasteiger partial charge on any atom is -0.507 e. The van der Waals surface area contributed by atoms with Gasteiger partial charge in [0.15, 0.2) is 0 Å². The van der Waals surface area contributed by atoms with Crippen LogP contribution in [-0.2, 0) is 5.41 Å². The molecule has 3 N–H and O–H groups in total. The number of phenols is 3. The second-order valence-electron chi connectivity index (χ2n) is 9.51. The van der Waals surface area contributed by atoms with E-state index in [1.54, 1.807) is 61.3 Å². The second-order valence-corrected chi connectivity index (χ2v) is 9.51. The van der Waals surface area contributed by atoms with Crippen LogP contribution in [0.2, 0.25) is 0 Å². The third kappa shape index (κ3) is 8.42. The molecule has 0 spiro atoms. The predicted octanol–water partition coefficient (Wildman–Crippen LogP) is 5.18. The lowest BCUT2D eigenvalue weighted by molar-refractivity contribution is 0.472. The normalized spacial score (nSPS) is 12.5. The fourth-order valence-electron chi connectivity index (χ4n) is 3.39. The lowest BCUT2D eigenvalue weighted by Gasteiger charge is -2.21. The van der Waals surface area contributed by atoms with Gasteiger partial charge in [-0.05, 0) is 47.4 Å². The van der Waals surface area contributed by atoms with E-state index in [0.29, 0.717) is 48.4 Å². The highest BCUT2D eigenvalue weighted by atomic mass is 16.3. The number of rotatable bonds is 10. The van der Waals surface area contributed by atoms with Gasteiger partial charge in [0.2, 0.25) is 0 Å². The summed E-state index contributed by atoms with van der Waals surface area (Å²) >= 11 is 0. The number of nitrogens with zero attached hydrogens (tertiary/aromatic N) is 4. The molecule has 0 heterocycles. The van der Waals surface area contributed by atoms with E-state index in [-0.39, 0.29) is 22.7 Å². The molecule has 0 radical (unpaired) electrons. The zero-order chi connectivity index (χ0) is 26.7. The highest BCUT2D eigenvalue weighted by Crippen LogP contribution is 2.29. The Bertz CT molecular complexity index is 1210. The lowest BCUT2D eigenvalue weighted by atomic mass is 9.85. The minimum absolute atomic E-state index is 0.121. The first-order valence-corrected chi connectivity index (χ1v) is 12.2. The van der Waals surface area contributed by atoms with Gasteiger partial charge in [0, 0.05) is 47.1 Å². The van der Waals surface area contributed by atoms with Crippen LogP contribution in [0.3, 0.4) is 0 Å². The maximum atomic E-state index is 10.8. The Kier molecular flexibility index (Phi) is 9.72. The van der Waals surface area contributed by atoms with Gasteiger partial charge < -0.3 is 15.3 Å². The Labute approximate surface area is 218 Å². The Hall–Kier alpha value is -4.26. The summed E-state index contributed by atoms with van der Waals surface area (Å²) in [6.07, 6.45) is 6.58. The first-order valence-electron chi connectivity index (χ1n) is 12.2. The number of hydrogen-bond donors (Lipinski definition) is 3. The quantitative estimate of drug-likeness (QED) is 0.265. The van der Waals surface area contributed by atoms with Crippen LogP contribution in [0, 0.1) is 0 Å². The van der Waals surface area contributed by atoms with Gasteiger partial charge in [-0.2, -0.15) is 0 Å². The zero-order valence-corrected chi connectivity index (χ0v) is 21.5. The first kappa shape index (κ1) is 27.3. The van der Waals surface area contributed by atoms with E-state index >= 15 is 0 Å². The number of phenolic OH excluding ortho intramolecular Hbond substituents is 3. The van der Waals surface area contributed by atoms with Crippen molar-refractivity contribution in [2.45, 2.75) is 26.2 Å². The van der Waals surface area contributed by atoms with Gasteiger partial charge in [0.1, 0.15) is 17.2 Å². The molecule has 0 saturated heterocycles. The second kappa shape index (κ2) is 13.2. The third-order valence-corrected chi connectivity index (χ3v) is 5.55. The molecule has 0 unspecified atom stereocenters. The SMILES string of the molecule is CC(C)(C)c1cc(C=NCCN=Cc2ccccc2O)c(O)c(C=NCCN=Cc2ccccc2O)c1. The van der Waals surface area contributed by atoms with Crippen LogP contribution in [0.4, 0.5) is 0 Å². The van der Waals surface area contributed by atoms with Crippen LogP contribution in [-0.4, -0.2) is 66.4 Å². The van der Waals surface area contributed by atoms with Crippen LogP contribution >= 0.6 is 0 Å². The molecule has 0 bridgehead atoms. The summed E-state index contributed by atoms with van der Waals surface area (Å²) in [5.41, 5.74) is 3.50. The van der Waals surface area contributed by atoms with Crippen molar-refractivity contribution in [1.29, 1.82) is 0 Å². The lowest BCUT2D eigenvalue weighted by Crippen LogP contribution is -2.12. The molecule has 0 atom stereocenters. The molecule has 0 aliphatic heterocycles. The molecule has 3 aromatic carbocycles. The number of benzene rings is 3. The van der Waals surface area contributed by atoms with Crippen LogP contribution in [0.25, 0.3) is 0 Å². The highest BCUT2D eigenvalue weighted by Gasteiger charge is 2.17. The minimum atomic E-state index is -0.122. The maximum absolute atomic E-state index is 10.8. The van der Waals surface area contributed by atoms with E-state index in [1.807, 2.05) is 24.3 Å². The van der Waals surface area contributed by atoms with Gasteiger partial charge in [-0.3, -0.25) is 20.0 Å². The van der Waals surface area contributed by atoms with Gasteiger partial charge in [-0.25, -0.2) is 0 Å². The molecule has 192 valence electrons. The summed E-state index contributed by atoms with van der Waals surface area (Å²) in [6.45, 7) is 8.15. The monoisotopic (exact) mass is 498 g/mol. The van der Waals surface area contributed by atoms with Gasteiger partial charge in [-0.1, -0.05) is 45.0 Å². The average Bonchev–Trinajstić information content (AvgIpc) is 2.86. The molecule has 0 amide bonds. The highest BCUT2D eigenvalue weighted by molar-refractivity contribution is 5.92. The summed E-state index contributed by atoms with van der Waals surface area (Å²) in [7, 11) is 0. The van der Waals surface area contributed by atoms with Crippen molar-refractivity contribution < 1.29 is 15.3 Å². The molecule has 0 saturated carbocycles. The van der Waals surface area contributed by atoms with Crippen LogP contribution in [0.15, 0.2) is 80.6 Å². The predicted molar refractivity (Wildman–Crippen MR) is 153 cm³/mol. The maximum Gasteiger partial charge on any atom is 0.133 e. The van der Waals surface area contributed by atoms with Crippen LogP contribution in [0.1, 0.15) is 48.6 Å². The number of aromatic hydroxyl groups is 3. The Balaban J connectivity index is 1.64. The molecule has 7 nitrogen and oxygen atoms in total. The van der Waals surface area contributed by atoms with Crippen LogP contribution < -0.4 is 0 Å². The Morgan fingerprint density at radius 3 is 1.27 bits per heavy atom. The van der Waals surface area contributed by atoms with Crippen molar-refractivity contribution in [3.8, 4) is 17.2 Å². The summed E-state index contributed by atoms with van der Waals surface area (Å²) < 4.78 is 0. The molecule has 3 aromatic rings. The van der Waals surface area contributed by atoms with E-state index in [0.717, 1.165) is 5.56 Å². The molecular weight excluding hydrogens is 464 g/mol. The van der Waals surface area contributed by atoms with Gasteiger partial charge in [0.05, 0.1) is 26.2 Å². The summed E-state index contributed by atoms with van der Waals surface area (Å²) in [4.78, 5) is 17.5. The summed E-state index contributed by atoms with van der Waals surface area (Å²) in [5, 5.41) is 30.4. The molecule has 0 aromatic heterocycles. The van der Waals surface area contributed by atoms with E-state index in [4.69, 9.17) is 0 Å². The average molecular weight is 499 g/mol. The molecule has 37 heavy (non-hydrogen) atoms. The number of para-hydroxylation sites is 2. The van der Waals surface area contributed by atoms with E-state index < -0.39 is 0 Å². The Morgan fingerprint density at radius 2 is 0.919 bits per heavy atom. The molecular formula is C30H34N4O3. The summed E-state index contributed by atoms with van der Waals surface area (Å²) in [6, 6.07) is 17.9. The fourth-order valence-corrected chi connectivity index (χ4v) is 3.39. The summed E-state index contributed by atoms with van der Waals surface area (Å²) in [5.74, 6) is 0.501. The van der Waals surface area contributed by atoms with Crippen molar-refractivity contribution in [1.82, 2.24) is 0 Å². The smallest absolute Gasteiger partial charge is 0.133 e. The first-order chi connectivity index (χ1) is 17.8. The molecule has 3 rings (SSSR count). The standard InChI is InChI=1S/C30H34N4O3/c1-30(2,3)26-16-24(20-33-14-12-31-18-22-8-4-6-10-27(22)35)29(37)25(17-26)21-34-15-13-32-19-23-9-5-7-11-28(23)36/h4-11,16-21,35-37H,12-15H2,1-3H3. The van der Waals surface area contributed by atoms with Crippen LogP contribution in [0.5, 0.6) is 17.2 Å². The number of aliphatic imine (C=N–C) groups is 4. The van der Waals surface area contributed by atoms with Gasteiger partial charge in [0.25, 0.3) is 0 Å². The van der Waals surface area contributed by atoms with Crippen molar-refractivity contribution in [2.24, 2.45) is 20.0 Å². The zero-order valence-electron chi connectivity index (χ0n) is 21.5. The van der Waals surface area contributed by atoms with Gasteiger partial charge >= 0.3 is 0 Å².